The SMILES string of the molecule is NCC1(C(O)c2ccccc2OC(F)(F)F)CCC1. The largest absolute Gasteiger partial charge is 0.573 e. The highest BCUT2D eigenvalue weighted by Crippen LogP contribution is 2.51. The standard InChI is InChI=1S/C13H16F3NO2/c14-13(15,16)19-10-5-2-1-4-9(10)11(18)12(8-17)6-3-7-12/h1-2,4-5,11,18H,3,6-8,17H2. The molecule has 1 aromatic rings. The number of para-hydroxylation sites is 1. The molecule has 106 valence electrons. The monoisotopic (exact) mass is 275 g/mol. The molecule has 0 aromatic heterocycles. The van der Waals surface area contributed by atoms with Crippen LogP contribution >= 0.6 is 0 Å². The molecule has 1 aliphatic rings. The van der Waals surface area contributed by atoms with Gasteiger partial charge in [0.25, 0.3) is 0 Å². The second-order valence-corrected chi connectivity index (χ2v) is 4.91. The van der Waals surface area contributed by atoms with E-state index >= 15 is 0 Å². The van der Waals surface area contributed by atoms with Crippen molar-refractivity contribution in [2.75, 3.05) is 6.54 Å². The second-order valence-electron chi connectivity index (χ2n) is 4.91. The lowest BCUT2D eigenvalue weighted by atomic mass is 9.63. The van der Waals surface area contributed by atoms with Gasteiger partial charge in [0.15, 0.2) is 0 Å². The number of halogens is 3. The zero-order valence-corrected chi connectivity index (χ0v) is 10.3. The van der Waals surface area contributed by atoms with Crippen LogP contribution in [0.2, 0.25) is 0 Å². The molecule has 0 spiro atoms. The third-order valence-electron chi connectivity index (χ3n) is 3.78. The molecule has 1 unspecified atom stereocenters. The minimum atomic E-state index is -4.77. The van der Waals surface area contributed by atoms with Crippen LogP contribution in [0, 0.1) is 5.41 Å². The molecule has 1 saturated carbocycles. The first-order chi connectivity index (χ1) is 8.88. The molecule has 1 fully saturated rings. The smallest absolute Gasteiger partial charge is 0.405 e. The Morgan fingerprint density at radius 1 is 1.32 bits per heavy atom. The Morgan fingerprint density at radius 2 is 1.95 bits per heavy atom. The van der Waals surface area contributed by atoms with Crippen LogP contribution < -0.4 is 10.5 Å². The van der Waals surface area contributed by atoms with Crippen molar-refractivity contribution in [1.29, 1.82) is 0 Å². The molecule has 0 saturated heterocycles. The van der Waals surface area contributed by atoms with Gasteiger partial charge in [0.05, 0.1) is 6.10 Å². The molecule has 0 aliphatic heterocycles. The Kier molecular flexibility index (Phi) is 3.73. The first kappa shape index (κ1) is 14.1. The lowest BCUT2D eigenvalue weighted by Crippen LogP contribution is -2.42. The highest BCUT2D eigenvalue weighted by molar-refractivity contribution is 5.36. The van der Waals surface area contributed by atoms with Crippen LogP contribution in [0.3, 0.4) is 0 Å². The molecule has 1 aliphatic carbocycles. The predicted molar refractivity (Wildman–Crippen MR) is 63.4 cm³/mol. The van der Waals surface area contributed by atoms with Crippen LogP contribution in [0.15, 0.2) is 24.3 Å². The van der Waals surface area contributed by atoms with E-state index in [0.717, 1.165) is 6.42 Å². The minimum Gasteiger partial charge on any atom is -0.405 e. The van der Waals surface area contributed by atoms with E-state index in [1.807, 2.05) is 0 Å². The first-order valence-electron chi connectivity index (χ1n) is 6.11. The Morgan fingerprint density at radius 3 is 2.42 bits per heavy atom. The van der Waals surface area contributed by atoms with Gasteiger partial charge in [-0.05, 0) is 18.9 Å². The van der Waals surface area contributed by atoms with E-state index < -0.39 is 17.9 Å². The van der Waals surface area contributed by atoms with Gasteiger partial charge in [0.1, 0.15) is 5.75 Å². The first-order valence-corrected chi connectivity index (χ1v) is 6.11. The summed E-state index contributed by atoms with van der Waals surface area (Å²) in [7, 11) is 0. The summed E-state index contributed by atoms with van der Waals surface area (Å²) in [6.07, 6.45) is -3.46. The molecule has 0 radical (unpaired) electrons. The maximum atomic E-state index is 12.3. The number of aliphatic hydroxyl groups is 1. The molecule has 0 heterocycles. The maximum Gasteiger partial charge on any atom is 0.573 e. The molecule has 1 atom stereocenters. The van der Waals surface area contributed by atoms with Crippen LogP contribution in [-0.2, 0) is 0 Å². The van der Waals surface area contributed by atoms with E-state index in [-0.39, 0.29) is 17.9 Å². The van der Waals surface area contributed by atoms with Crippen molar-refractivity contribution in [1.82, 2.24) is 0 Å². The highest BCUT2D eigenvalue weighted by Gasteiger charge is 2.44. The third kappa shape index (κ3) is 2.84. The fraction of sp³-hybridized carbons (Fsp3) is 0.538. The summed E-state index contributed by atoms with van der Waals surface area (Å²) in [5, 5.41) is 10.3. The molecule has 19 heavy (non-hydrogen) atoms. The second kappa shape index (κ2) is 5.02. The van der Waals surface area contributed by atoms with Crippen molar-refractivity contribution in [2.24, 2.45) is 11.1 Å². The van der Waals surface area contributed by atoms with E-state index in [9.17, 15) is 18.3 Å². The Hall–Kier alpha value is -1.27. The normalized spacial score (nSPS) is 19.6. The van der Waals surface area contributed by atoms with E-state index in [1.54, 1.807) is 6.07 Å². The summed E-state index contributed by atoms with van der Waals surface area (Å²) in [5.74, 6) is -0.359. The maximum absolute atomic E-state index is 12.3. The van der Waals surface area contributed by atoms with Crippen molar-refractivity contribution in [2.45, 2.75) is 31.7 Å². The topological polar surface area (TPSA) is 55.5 Å². The lowest BCUT2D eigenvalue weighted by molar-refractivity contribution is -0.275. The van der Waals surface area contributed by atoms with Gasteiger partial charge >= 0.3 is 6.36 Å². The summed E-state index contributed by atoms with van der Waals surface area (Å²) >= 11 is 0. The predicted octanol–water partition coefficient (Wildman–Crippen LogP) is 2.75. The van der Waals surface area contributed by atoms with Crippen molar-refractivity contribution < 1.29 is 23.0 Å². The van der Waals surface area contributed by atoms with Gasteiger partial charge in [-0.3, -0.25) is 0 Å². The Bertz CT molecular complexity index is 438. The van der Waals surface area contributed by atoms with Gasteiger partial charge in [-0.25, -0.2) is 0 Å². The summed E-state index contributed by atoms with van der Waals surface area (Å²) in [5.41, 5.74) is 5.28. The van der Waals surface area contributed by atoms with Crippen molar-refractivity contribution >= 4 is 0 Å². The van der Waals surface area contributed by atoms with Crippen molar-refractivity contribution in [3.8, 4) is 5.75 Å². The fourth-order valence-electron chi connectivity index (χ4n) is 2.47. The molecule has 0 bridgehead atoms. The molecule has 1 aromatic carbocycles. The number of hydrogen-bond acceptors (Lipinski definition) is 3. The Labute approximate surface area is 109 Å². The molecule has 3 nitrogen and oxygen atoms in total. The van der Waals surface area contributed by atoms with Crippen molar-refractivity contribution in [3.05, 3.63) is 29.8 Å². The lowest BCUT2D eigenvalue weighted by Gasteiger charge is -2.45. The van der Waals surface area contributed by atoms with E-state index in [1.165, 1.54) is 18.2 Å². The molecule has 3 N–H and O–H groups in total. The number of rotatable bonds is 4. The van der Waals surface area contributed by atoms with Gasteiger partial charge in [-0.1, -0.05) is 24.6 Å². The number of ether oxygens (including phenoxy) is 1. The summed E-state index contributed by atoms with van der Waals surface area (Å²) in [4.78, 5) is 0. The quantitative estimate of drug-likeness (QED) is 0.888. The minimum absolute atomic E-state index is 0.143. The number of aliphatic hydroxyl groups excluding tert-OH is 1. The Balaban J connectivity index is 2.29. The van der Waals surface area contributed by atoms with Crippen LogP contribution in [0.4, 0.5) is 13.2 Å². The van der Waals surface area contributed by atoms with Gasteiger partial charge in [-0.2, -0.15) is 0 Å². The van der Waals surface area contributed by atoms with Gasteiger partial charge < -0.3 is 15.6 Å². The average Bonchev–Trinajstić information content (AvgIpc) is 2.26. The van der Waals surface area contributed by atoms with E-state index in [2.05, 4.69) is 4.74 Å². The molecular formula is C13H16F3NO2. The van der Waals surface area contributed by atoms with Gasteiger partial charge in [0.2, 0.25) is 0 Å². The van der Waals surface area contributed by atoms with Gasteiger partial charge in [-0.15, -0.1) is 13.2 Å². The molecule has 2 rings (SSSR count). The number of alkyl halides is 3. The molecular weight excluding hydrogens is 259 g/mol. The fourth-order valence-corrected chi connectivity index (χ4v) is 2.47. The van der Waals surface area contributed by atoms with Crippen LogP contribution in [0.1, 0.15) is 30.9 Å². The zero-order valence-electron chi connectivity index (χ0n) is 10.3. The van der Waals surface area contributed by atoms with Crippen LogP contribution in [0.5, 0.6) is 5.75 Å². The molecule has 0 amide bonds. The zero-order chi connectivity index (χ0) is 14.1. The van der Waals surface area contributed by atoms with Crippen molar-refractivity contribution in [3.63, 3.8) is 0 Å². The number of nitrogens with two attached hydrogens (primary N) is 1. The number of benzene rings is 1. The highest BCUT2D eigenvalue weighted by atomic mass is 19.4. The summed E-state index contributed by atoms with van der Waals surface area (Å²) in [6, 6.07) is 5.66. The number of hydrogen-bond donors (Lipinski definition) is 2. The summed E-state index contributed by atoms with van der Waals surface area (Å²) < 4.78 is 41.0. The van der Waals surface area contributed by atoms with Crippen LogP contribution in [-0.4, -0.2) is 18.0 Å². The third-order valence-corrected chi connectivity index (χ3v) is 3.78. The average molecular weight is 275 g/mol. The van der Waals surface area contributed by atoms with E-state index in [0.29, 0.717) is 12.8 Å². The van der Waals surface area contributed by atoms with Gasteiger partial charge in [0, 0.05) is 17.5 Å². The molecule has 6 heteroatoms. The summed E-state index contributed by atoms with van der Waals surface area (Å²) in [6.45, 7) is 0.245. The van der Waals surface area contributed by atoms with E-state index in [4.69, 9.17) is 5.73 Å². The van der Waals surface area contributed by atoms with Crippen LogP contribution in [0.25, 0.3) is 0 Å².